The molecule has 0 bridgehead atoms. The first-order chi connectivity index (χ1) is 16.2. The third kappa shape index (κ3) is 6.27. The van der Waals surface area contributed by atoms with Crippen molar-refractivity contribution < 1.29 is 10.2 Å². The molecular weight excluding hydrogens is 444 g/mol. The highest BCUT2D eigenvalue weighted by molar-refractivity contribution is 5.42. The topological polar surface area (TPSA) is 48.6 Å². The van der Waals surface area contributed by atoms with Crippen LogP contribution in [-0.4, -0.2) is 39.3 Å². The SMILES string of the molecule is CCN(CC)CCC(C)(C)CCCC(C)(C)n1c(O)cc(C(C)(C)CC2(C)CC2(C)C(C)(C)C)c1O. The van der Waals surface area contributed by atoms with Crippen LogP contribution >= 0.6 is 0 Å². The normalized spacial score (nSPS) is 23.5. The van der Waals surface area contributed by atoms with Crippen LogP contribution in [0.3, 0.4) is 0 Å². The minimum absolute atomic E-state index is 0.181. The molecule has 1 fully saturated rings. The third-order valence-electron chi connectivity index (χ3n) is 10.4. The van der Waals surface area contributed by atoms with E-state index in [1.165, 1.54) is 12.8 Å². The summed E-state index contributed by atoms with van der Waals surface area (Å²) in [7, 11) is 0. The zero-order valence-electron chi connectivity index (χ0n) is 26.2. The van der Waals surface area contributed by atoms with Crippen molar-refractivity contribution in [2.24, 2.45) is 21.7 Å². The minimum atomic E-state index is -0.360. The molecule has 4 heteroatoms. The highest BCUT2D eigenvalue weighted by Gasteiger charge is 2.66. The Balaban J connectivity index is 2.13. The molecule has 0 aliphatic heterocycles. The summed E-state index contributed by atoms with van der Waals surface area (Å²) in [4.78, 5) is 2.50. The molecule has 2 N–H and O–H groups in total. The lowest BCUT2D eigenvalue weighted by atomic mass is 9.68. The summed E-state index contributed by atoms with van der Waals surface area (Å²) in [6.07, 6.45) is 6.51. The summed E-state index contributed by atoms with van der Waals surface area (Å²) in [6, 6.07) is 1.82. The van der Waals surface area contributed by atoms with Gasteiger partial charge in [0, 0.05) is 17.2 Å². The van der Waals surface area contributed by atoms with Crippen LogP contribution in [0.1, 0.15) is 134 Å². The molecule has 1 aromatic rings. The van der Waals surface area contributed by atoms with E-state index in [9.17, 15) is 10.2 Å². The average Bonchev–Trinajstić information content (AvgIpc) is 3.10. The lowest BCUT2D eigenvalue weighted by Gasteiger charge is -2.36. The van der Waals surface area contributed by atoms with E-state index >= 15 is 0 Å². The molecular formula is C32H60N2O2. The van der Waals surface area contributed by atoms with Gasteiger partial charge in [-0.1, -0.05) is 82.6 Å². The van der Waals surface area contributed by atoms with Crippen LogP contribution in [0.15, 0.2) is 6.07 Å². The molecule has 1 saturated carbocycles. The van der Waals surface area contributed by atoms with Gasteiger partial charge in [0.1, 0.15) is 0 Å². The Hall–Kier alpha value is -1.16. The largest absolute Gasteiger partial charge is 0.494 e. The van der Waals surface area contributed by atoms with Gasteiger partial charge >= 0.3 is 0 Å². The van der Waals surface area contributed by atoms with Crippen molar-refractivity contribution in [3.63, 3.8) is 0 Å². The molecule has 0 amide bonds. The van der Waals surface area contributed by atoms with Crippen LogP contribution in [0.25, 0.3) is 0 Å². The Morgan fingerprint density at radius 2 is 1.44 bits per heavy atom. The van der Waals surface area contributed by atoms with E-state index in [4.69, 9.17) is 0 Å². The molecule has 2 atom stereocenters. The van der Waals surface area contributed by atoms with Gasteiger partial charge < -0.3 is 15.1 Å². The fraction of sp³-hybridized carbons (Fsp3) is 0.875. The van der Waals surface area contributed by atoms with Gasteiger partial charge in [-0.05, 0) is 92.7 Å². The second-order valence-electron chi connectivity index (χ2n) is 15.6. The quantitative estimate of drug-likeness (QED) is 0.282. The van der Waals surface area contributed by atoms with Crippen LogP contribution in [0.2, 0.25) is 0 Å². The number of aromatic hydroxyl groups is 2. The van der Waals surface area contributed by atoms with E-state index in [2.05, 4.69) is 94.9 Å². The maximum absolute atomic E-state index is 11.4. The summed E-state index contributed by atoms with van der Waals surface area (Å²) in [5.74, 6) is 0.422. The Bertz CT molecular complexity index is 885. The van der Waals surface area contributed by atoms with E-state index in [1.54, 1.807) is 4.57 Å². The van der Waals surface area contributed by atoms with Gasteiger partial charge in [-0.15, -0.1) is 0 Å². The maximum atomic E-state index is 11.4. The van der Waals surface area contributed by atoms with Gasteiger partial charge in [0.15, 0.2) is 11.8 Å². The van der Waals surface area contributed by atoms with Gasteiger partial charge in [0.05, 0.1) is 0 Å². The van der Waals surface area contributed by atoms with Crippen molar-refractivity contribution >= 4 is 0 Å². The van der Waals surface area contributed by atoms with Crippen LogP contribution in [0, 0.1) is 21.7 Å². The molecule has 36 heavy (non-hydrogen) atoms. The van der Waals surface area contributed by atoms with Crippen molar-refractivity contribution in [2.45, 2.75) is 139 Å². The Morgan fingerprint density at radius 3 is 1.92 bits per heavy atom. The second kappa shape index (κ2) is 10.2. The lowest BCUT2D eigenvalue weighted by Crippen LogP contribution is -2.30. The lowest BCUT2D eigenvalue weighted by molar-refractivity contribution is 0.156. The third-order valence-corrected chi connectivity index (χ3v) is 10.4. The molecule has 2 unspecified atom stereocenters. The van der Waals surface area contributed by atoms with E-state index in [0.717, 1.165) is 50.9 Å². The molecule has 0 aromatic carbocycles. The summed E-state index contributed by atoms with van der Waals surface area (Å²) < 4.78 is 1.78. The van der Waals surface area contributed by atoms with Gasteiger partial charge in [-0.3, -0.25) is 4.57 Å². The summed E-state index contributed by atoms with van der Waals surface area (Å²) >= 11 is 0. The fourth-order valence-electron chi connectivity index (χ4n) is 7.05. The number of aromatic nitrogens is 1. The highest BCUT2D eigenvalue weighted by atomic mass is 16.3. The number of nitrogens with zero attached hydrogens (tertiary/aromatic N) is 2. The molecule has 1 heterocycles. The first-order valence-corrected chi connectivity index (χ1v) is 14.5. The Morgan fingerprint density at radius 1 is 0.889 bits per heavy atom. The van der Waals surface area contributed by atoms with Crippen molar-refractivity contribution in [1.29, 1.82) is 0 Å². The van der Waals surface area contributed by atoms with Crippen LogP contribution in [0.5, 0.6) is 11.8 Å². The first kappa shape index (κ1) is 31.1. The standard InChI is InChI=1S/C32H60N2O2/c1-14-33(15-2)20-19-28(6,7)17-16-18-30(10,11)34-25(35)21-24(26(34)36)29(8,9)22-31(12)23-32(31,13)27(3,4)5/h21,35-36H,14-20,22-23H2,1-13H3. The predicted molar refractivity (Wildman–Crippen MR) is 155 cm³/mol. The van der Waals surface area contributed by atoms with Crippen LogP contribution in [-0.2, 0) is 11.0 Å². The molecule has 1 aliphatic carbocycles. The summed E-state index contributed by atoms with van der Waals surface area (Å²) in [5.41, 5.74) is 1.33. The number of hydrogen-bond acceptors (Lipinski definition) is 3. The van der Waals surface area contributed by atoms with Crippen molar-refractivity contribution in [3.8, 4) is 11.8 Å². The Kier molecular flexibility index (Phi) is 8.79. The van der Waals surface area contributed by atoms with Gasteiger partial charge in [-0.2, -0.15) is 0 Å². The van der Waals surface area contributed by atoms with Gasteiger partial charge in [0.2, 0.25) is 0 Å². The first-order valence-electron chi connectivity index (χ1n) is 14.5. The molecule has 4 nitrogen and oxygen atoms in total. The van der Waals surface area contributed by atoms with E-state index in [-0.39, 0.29) is 44.4 Å². The second-order valence-corrected chi connectivity index (χ2v) is 15.6. The van der Waals surface area contributed by atoms with E-state index in [0.29, 0.717) is 0 Å². The van der Waals surface area contributed by atoms with Crippen molar-refractivity contribution in [1.82, 2.24) is 9.47 Å². The molecule has 0 saturated heterocycles. The maximum Gasteiger partial charge on any atom is 0.198 e. The predicted octanol–water partition coefficient (Wildman–Crippen LogP) is 8.69. The average molecular weight is 505 g/mol. The van der Waals surface area contributed by atoms with Crippen molar-refractivity contribution in [3.05, 3.63) is 11.6 Å². The monoisotopic (exact) mass is 504 g/mol. The molecule has 1 aromatic heterocycles. The van der Waals surface area contributed by atoms with Gasteiger partial charge in [-0.25, -0.2) is 0 Å². The number of rotatable bonds is 13. The summed E-state index contributed by atoms with van der Waals surface area (Å²) in [5, 5.41) is 22.5. The van der Waals surface area contributed by atoms with Crippen LogP contribution < -0.4 is 0 Å². The van der Waals surface area contributed by atoms with Crippen molar-refractivity contribution in [2.75, 3.05) is 19.6 Å². The Labute approximate surface area is 223 Å². The molecule has 210 valence electrons. The van der Waals surface area contributed by atoms with E-state index < -0.39 is 0 Å². The van der Waals surface area contributed by atoms with Gasteiger partial charge in [0.25, 0.3) is 0 Å². The highest BCUT2D eigenvalue weighted by Crippen LogP contribution is 2.74. The fourth-order valence-corrected chi connectivity index (χ4v) is 7.05. The molecule has 2 rings (SSSR count). The minimum Gasteiger partial charge on any atom is -0.494 e. The molecule has 0 spiro atoms. The van der Waals surface area contributed by atoms with E-state index in [1.807, 2.05) is 6.07 Å². The molecule has 0 radical (unpaired) electrons. The zero-order chi connectivity index (χ0) is 28.0. The smallest absolute Gasteiger partial charge is 0.198 e. The van der Waals surface area contributed by atoms with Crippen LogP contribution in [0.4, 0.5) is 0 Å². The molecule has 1 aliphatic rings. The zero-order valence-corrected chi connectivity index (χ0v) is 26.2. The number of hydrogen-bond donors (Lipinski definition) is 2. The summed E-state index contributed by atoms with van der Waals surface area (Å²) in [6.45, 7) is 33.2.